The van der Waals surface area contributed by atoms with Gasteiger partial charge in [-0.05, 0) is 36.6 Å². The number of carbonyl (C=O) groups is 2. The molecular formula is C15H19N3O2. The van der Waals surface area contributed by atoms with Crippen molar-refractivity contribution in [2.24, 2.45) is 11.0 Å². The molecule has 1 N–H and O–H groups in total. The van der Waals surface area contributed by atoms with Gasteiger partial charge in [0.15, 0.2) is 0 Å². The van der Waals surface area contributed by atoms with Gasteiger partial charge in [0, 0.05) is 30.4 Å². The maximum atomic E-state index is 11.8. The van der Waals surface area contributed by atoms with E-state index in [1.54, 1.807) is 35.4 Å². The van der Waals surface area contributed by atoms with E-state index in [-0.39, 0.29) is 11.8 Å². The first-order valence-corrected chi connectivity index (χ1v) is 6.82. The van der Waals surface area contributed by atoms with Crippen molar-refractivity contribution in [3.05, 3.63) is 29.8 Å². The summed E-state index contributed by atoms with van der Waals surface area (Å²) < 4.78 is 0. The second-order valence-corrected chi connectivity index (χ2v) is 5.16. The molecule has 1 aliphatic rings. The Balaban J connectivity index is 2.00. The van der Waals surface area contributed by atoms with Gasteiger partial charge in [0.1, 0.15) is 0 Å². The zero-order valence-corrected chi connectivity index (χ0v) is 11.8. The van der Waals surface area contributed by atoms with Gasteiger partial charge in [-0.25, -0.2) is 5.43 Å². The summed E-state index contributed by atoms with van der Waals surface area (Å²) in [5, 5.41) is 3.87. The van der Waals surface area contributed by atoms with E-state index in [9.17, 15) is 9.59 Å². The van der Waals surface area contributed by atoms with E-state index in [2.05, 4.69) is 10.5 Å². The number of carbonyl (C=O) groups excluding carboxylic acids is 2. The standard InChI is InChI=1S/C15H19N3O2/c1-11(2)10-16-17-15(20)12-5-7-13(8-6-12)18-9-3-4-14(18)19/h5-8,10-11H,3-4,9H2,1-2H3,(H,17,20)/b16-10+. The Morgan fingerprint density at radius 3 is 2.60 bits per heavy atom. The number of hydrogen-bond donors (Lipinski definition) is 1. The number of rotatable bonds is 4. The number of nitrogens with zero attached hydrogens (tertiary/aromatic N) is 2. The fourth-order valence-corrected chi connectivity index (χ4v) is 2.02. The Morgan fingerprint density at radius 2 is 2.05 bits per heavy atom. The SMILES string of the molecule is CC(C)/C=N/NC(=O)c1ccc(N2CCCC2=O)cc1. The topological polar surface area (TPSA) is 61.8 Å². The molecule has 0 atom stereocenters. The molecule has 5 nitrogen and oxygen atoms in total. The van der Waals surface area contributed by atoms with Crippen molar-refractivity contribution in [2.45, 2.75) is 26.7 Å². The van der Waals surface area contributed by atoms with E-state index in [1.165, 1.54) is 0 Å². The normalized spacial score (nSPS) is 15.3. The summed E-state index contributed by atoms with van der Waals surface area (Å²) in [6.07, 6.45) is 3.17. The first kappa shape index (κ1) is 14.2. The molecule has 0 bridgehead atoms. The van der Waals surface area contributed by atoms with Crippen LogP contribution in [0.2, 0.25) is 0 Å². The van der Waals surface area contributed by atoms with Gasteiger partial charge in [0.25, 0.3) is 5.91 Å². The molecule has 1 saturated heterocycles. The van der Waals surface area contributed by atoms with Gasteiger partial charge in [-0.3, -0.25) is 9.59 Å². The molecule has 0 aromatic heterocycles. The van der Waals surface area contributed by atoms with Crippen LogP contribution in [0, 0.1) is 5.92 Å². The highest BCUT2D eigenvalue weighted by atomic mass is 16.2. The van der Waals surface area contributed by atoms with Crippen molar-refractivity contribution in [3.63, 3.8) is 0 Å². The molecule has 1 fully saturated rings. The molecule has 2 amide bonds. The monoisotopic (exact) mass is 273 g/mol. The number of hydrogen-bond acceptors (Lipinski definition) is 3. The van der Waals surface area contributed by atoms with Crippen LogP contribution in [0.1, 0.15) is 37.0 Å². The molecule has 1 heterocycles. The van der Waals surface area contributed by atoms with Gasteiger partial charge < -0.3 is 4.90 Å². The van der Waals surface area contributed by atoms with E-state index in [4.69, 9.17) is 0 Å². The number of amides is 2. The van der Waals surface area contributed by atoms with Gasteiger partial charge in [0.05, 0.1) is 0 Å². The van der Waals surface area contributed by atoms with E-state index < -0.39 is 0 Å². The summed E-state index contributed by atoms with van der Waals surface area (Å²) in [7, 11) is 0. The average Bonchev–Trinajstić information content (AvgIpc) is 2.84. The molecule has 2 rings (SSSR count). The fraction of sp³-hybridized carbons (Fsp3) is 0.400. The minimum absolute atomic E-state index is 0.142. The quantitative estimate of drug-likeness (QED) is 0.675. The molecule has 0 spiro atoms. The molecule has 5 heteroatoms. The summed E-state index contributed by atoms with van der Waals surface area (Å²) in [5.41, 5.74) is 3.85. The third-order valence-corrected chi connectivity index (χ3v) is 3.05. The minimum atomic E-state index is -0.249. The Bertz CT molecular complexity index is 520. The molecule has 1 aliphatic heterocycles. The molecule has 0 radical (unpaired) electrons. The second-order valence-electron chi connectivity index (χ2n) is 5.16. The number of hydrazone groups is 1. The first-order chi connectivity index (χ1) is 9.58. The van der Waals surface area contributed by atoms with E-state index in [0.29, 0.717) is 17.9 Å². The number of benzene rings is 1. The van der Waals surface area contributed by atoms with E-state index in [1.807, 2.05) is 13.8 Å². The summed E-state index contributed by atoms with van der Waals surface area (Å²) in [4.78, 5) is 25.2. The van der Waals surface area contributed by atoms with Crippen LogP contribution in [-0.4, -0.2) is 24.6 Å². The summed E-state index contributed by atoms with van der Waals surface area (Å²) in [6.45, 7) is 4.72. The Hall–Kier alpha value is -2.17. The van der Waals surface area contributed by atoms with Crippen molar-refractivity contribution < 1.29 is 9.59 Å². The predicted octanol–water partition coefficient (Wildman–Crippen LogP) is 2.19. The van der Waals surface area contributed by atoms with Crippen LogP contribution in [0.4, 0.5) is 5.69 Å². The first-order valence-electron chi connectivity index (χ1n) is 6.82. The highest BCUT2D eigenvalue weighted by molar-refractivity contribution is 5.97. The predicted molar refractivity (Wildman–Crippen MR) is 78.8 cm³/mol. The van der Waals surface area contributed by atoms with Crippen LogP contribution in [0.25, 0.3) is 0 Å². The van der Waals surface area contributed by atoms with Gasteiger partial charge >= 0.3 is 0 Å². The maximum Gasteiger partial charge on any atom is 0.271 e. The Kier molecular flexibility index (Phi) is 4.50. The highest BCUT2D eigenvalue weighted by Gasteiger charge is 2.21. The number of nitrogens with one attached hydrogen (secondary N) is 1. The van der Waals surface area contributed by atoms with Crippen LogP contribution in [0.15, 0.2) is 29.4 Å². The number of anilines is 1. The smallest absolute Gasteiger partial charge is 0.271 e. The molecule has 0 aliphatic carbocycles. The van der Waals surface area contributed by atoms with Crippen molar-refractivity contribution in [2.75, 3.05) is 11.4 Å². The highest BCUT2D eigenvalue weighted by Crippen LogP contribution is 2.21. The lowest BCUT2D eigenvalue weighted by Gasteiger charge is -2.15. The zero-order chi connectivity index (χ0) is 14.5. The maximum absolute atomic E-state index is 11.8. The lowest BCUT2D eigenvalue weighted by atomic mass is 10.2. The molecule has 0 unspecified atom stereocenters. The second kappa shape index (κ2) is 6.32. The molecule has 1 aromatic rings. The largest absolute Gasteiger partial charge is 0.312 e. The summed E-state index contributed by atoms with van der Waals surface area (Å²) in [6, 6.07) is 7.01. The van der Waals surface area contributed by atoms with Crippen molar-refractivity contribution in [3.8, 4) is 0 Å². The van der Waals surface area contributed by atoms with Gasteiger partial charge in [-0.2, -0.15) is 5.10 Å². The summed E-state index contributed by atoms with van der Waals surface area (Å²) in [5.74, 6) is 0.184. The van der Waals surface area contributed by atoms with Crippen LogP contribution in [0.3, 0.4) is 0 Å². The minimum Gasteiger partial charge on any atom is -0.312 e. The average molecular weight is 273 g/mol. The Morgan fingerprint density at radius 1 is 1.35 bits per heavy atom. The van der Waals surface area contributed by atoms with E-state index in [0.717, 1.165) is 18.7 Å². The van der Waals surface area contributed by atoms with Gasteiger partial charge in [-0.1, -0.05) is 13.8 Å². The zero-order valence-electron chi connectivity index (χ0n) is 11.8. The molecule has 1 aromatic carbocycles. The Labute approximate surface area is 118 Å². The van der Waals surface area contributed by atoms with Crippen LogP contribution < -0.4 is 10.3 Å². The molecule has 20 heavy (non-hydrogen) atoms. The molecule has 0 saturated carbocycles. The molecular weight excluding hydrogens is 254 g/mol. The van der Waals surface area contributed by atoms with Gasteiger partial charge in [0.2, 0.25) is 5.91 Å². The van der Waals surface area contributed by atoms with Crippen LogP contribution >= 0.6 is 0 Å². The van der Waals surface area contributed by atoms with Crippen LogP contribution in [0.5, 0.6) is 0 Å². The summed E-state index contributed by atoms with van der Waals surface area (Å²) >= 11 is 0. The lowest BCUT2D eigenvalue weighted by molar-refractivity contribution is -0.117. The van der Waals surface area contributed by atoms with Crippen LogP contribution in [-0.2, 0) is 4.79 Å². The third kappa shape index (κ3) is 3.44. The van der Waals surface area contributed by atoms with Crippen molar-refractivity contribution in [1.82, 2.24) is 5.43 Å². The third-order valence-electron chi connectivity index (χ3n) is 3.05. The molecule has 106 valence electrons. The van der Waals surface area contributed by atoms with E-state index >= 15 is 0 Å². The lowest BCUT2D eigenvalue weighted by Crippen LogP contribution is -2.24. The van der Waals surface area contributed by atoms with Crippen molar-refractivity contribution in [1.29, 1.82) is 0 Å². The fourth-order valence-electron chi connectivity index (χ4n) is 2.02. The van der Waals surface area contributed by atoms with Gasteiger partial charge in [-0.15, -0.1) is 0 Å². The van der Waals surface area contributed by atoms with Crippen molar-refractivity contribution >= 4 is 23.7 Å².